The van der Waals surface area contributed by atoms with Gasteiger partial charge in [0.05, 0.1) is 16.7 Å². The molecular weight excluding hydrogens is 300 g/mol. The van der Waals surface area contributed by atoms with Crippen LogP contribution >= 0.6 is 23.1 Å². The topological polar surface area (TPSA) is 34.2 Å². The summed E-state index contributed by atoms with van der Waals surface area (Å²) in [6.07, 6.45) is 1.10. The lowest BCUT2D eigenvalue weighted by Crippen LogP contribution is -2.45. The summed E-state index contributed by atoms with van der Waals surface area (Å²) in [6.45, 7) is 4.21. The van der Waals surface area contributed by atoms with Crippen LogP contribution in [0.25, 0.3) is 0 Å². The largest absolute Gasteiger partial charge is 0.487 e. The number of nitrogens with zero attached hydrogens (tertiary/aromatic N) is 1. The monoisotopic (exact) mass is 320 g/mol. The van der Waals surface area contributed by atoms with E-state index in [2.05, 4.69) is 42.3 Å². The van der Waals surface area contributed by atoms with E-state index in [4.69, 9.17) is 4.74 Å². The van der Waals surface area contributed by atoms with Gasteiger partial charge in [0.25, 0.3) is 0 Å². The molecule has 3 rings (SSSR count). The molecule has 3 nitrogen and oxygen atoms in total. The van der Waals surface area contributed by atoms with E-state index < -0.39 is 0 Å². The summed E-state index contributed by atoms with van der Waals surface area (Å²) in [7, 11) is 2.01. The normalized spacial score (nSPS) is 18.9. The zero-order chi connectivity index (χ0) is 14.8. The highest BCUT2D eigenvalue weighted by molar-refractivity contribution is 7.99. The number of hydrogen-bond donors (Lipinski definition) is 1. The smallest absolute Gasteiger partial charge is 0.133 e. The van der Waals surface area contributed by atoms with Crippen molar-refractivity contribution in [1.29, 1.82) is 0 Å². The van der Waals surface area contributed by atoms with Gasteiger partial charge in [0, 0.05) is 21.9 Å². The molecule has 2 heterocycles. The summed E-state index contributed by atoms with van der Waals surface area (Å²) in [4.78, 5) is 7.20. The van der Waals surface area contributed by atoms with Crippen LogP contribution in [0.3, 0.4) is 0 Å². The van der Waals surface area contributed by atoms with Gasteiger partial charge in [-0.3, -0.25) is 0 Å². The number of thioether (sulfide) groups is 1. The highest BCUT2D eigenvalue weighted by Gasteiger charge is 2.28. The number of benzene rings is 1. The van der Waals surface area contributed by atoms with Gasteiger partial charge >= 0.3 is 0 Å². The van der Waals surface area contributed by atoms with Crippen molar-refractivity contribution in [3.63, 3.8) is 0 Å². The number of fused-ring (bicyclic) bond motifs is 1. The third kappa shape index (κ3) is 3.25. The average molecular weight is 320 g/mol. The van der Waals surface area contributed by atoms with E-state index in [0.717, 1.165) is 23.6 Å². The highest BCUT2D eigenvalue weighted by Crippen LogP contribution is 2.36. The quantitative estimate of drug-likeness (QED) is 0.936. The molecule has 0 radical (unpaired) electrons. The zero-order valence-corrected chi connectivity index (χ0v) is 14.2. The van der Waals surface area contributed by atoms with Crippen molar-refractivity contribution in [2.45, 2.75) is 37.3 Å². The Morgan fingerprint density at radius 3 is 2.90 bits per heavy atom. The molecule has 112 valence electrons. The molecule has 0 aliphatic carbocycles. The van der Waals surface area contributed by atoms with Crippen LogP contribution < -0.4 is 10.1 Å². The maximum atomic E-state index is 6.19. The zero-order valence-electron chi connectivity index (χ0n) is 12.6. The average Bonchev–Trinajstić information content (AvgIpc) is 2.82. The summed E-state index contributed by atoms with van der Waals surface area (Å²) in [6, 6.07) is 8.56. The Balaban J connectivity index is 1.72. The van der Waals surface area contributed by atoms with Crippen molar-refractivity contribution in [2.24, 2.45) is 0 Å². The van der Waals surface area contributed by atoms with Gasteiger partial charge in [0.1, 0.15) is 11.9 Å². The molecule has 1 aromatic carbocycles. The standard InChI is InChI=1S/C16H20N2OS2/c1-10-11(2)21-16(18-10)8-12(17-3)14-9-20-15-7-5-4-6-13(15)19-14/h4-7,12,14,17H,8-9H2,1-3H3. The number of aryl methyl sites for hydroxylation is 2. The van der Waals surface area contributed by atoms with E-state index in [1.54, 1.807) is 11.3 Å². The van der Waals surface area contributed by atoms with Gasteiger partial charge < -0.3 is 10.1 Å². The van der Waals surface area contributed by atoms with Crippen molar-refractivity contribution >= 4 is 23.1 Å². The molecule has 0 saturated carbocycles. The number of likely N-dealkylation sites (N-methyl/N-ethyl adjacent to an activating group) is 1. The number of aromatic nitrogens is 1. The number of ether oxygens (including phenoxy) is 1. The van der Waals surface area contributed by atoms with Crippen LogP contribution in [0, 0.1) is 13.8 Å². The summed E-state index contributed by atoms with van der Waals surface area (Å²) in [5.41, 5.74) is 1.15. The minimum Gasteiger partial charge on any atom is -0.487 e. The first-order valence-corrected chi connectivity index (χ1v) is 8.96. The van der Waals surface area contributed by atoms with Crippen LogP contribution in [0.5, 0.6) is 5.75 Å². The predicted octanol–water partition coefficient (Wildman–Crippen LogP) is 3.44. The van der Waals surface area contributed by atoms with E-state index >= 15 is 0 Å². The molecule has 2 unspecified atom stereocenters. The van der Waals surface area contributed by atoms with Gasteiger partial charge in [-0.15, -0.1) is 23.1 Å². The Hall–Kier alpha value is -1.04. The maximum Gasteiger partial charge on any atom is 0.133 e. The van der Waals surface area contributed by atoms with Gasteiger partial charge in [-0.05, 0) is 33.0 Å². The third-order valence-corrected chi connectivity index (χ3v) is 6.06. The second kappa shape index (κ2) is 6.38. The summed E-state index contributed by atoms with van der Waals surface area (Å²) in [5, 5.41) is 4.60. The number of nitrogens with one attached hydrogen (secondary N) is 1. The fraction of sp³-hybridized carbons (Fsp3) is 0.438. The van der Waals surface area contributed by atoms with Crippen LogP contribution in [0.15, 0.2) is 29.2 Å². The van der Waals surface area contributed by atoms with Gasteiger partial charge in [0.15, 0.2) is 0 Å². The van der Waals surface area contributed by atoms with E-state index in [1.807, 2.05) is 24.9 Å². The number of hydrogen-bond acceptors (Lipinski definition) is 5. The first-order chi connectivity index (χ1) is 10.2. The van der Waals surface area contributed by atoms with E-state index in [1.165, 1.54) is 14.8 Å². The second-order valence-electron chi connectivity index (χ2n) is 5.26. The lowest BCUT2D eigenvalue weighted by atomic mass is 10.1. The number of para-hydroxylation sites is 1. The molecule has 0 saturated heterocycles. The Labute approximate surface area is 134 Å². The van der Waals surface area contributed by atoms with Crippen molar-refractivity contribution in [1.82, 2.24) is 10.3 Å². The van der Waals surface area contributed by atoms with Crippen LogP contribution in [0.2, 0.25) is 0 Å². The molecule has 5 heteroatoms. The molecule has 0 bridgehead atoms. The van der Waals surface area contributed by atoms with Crippen LogP contribution in [-0.2, 0) is 6.42 Å². The summed E-state index contributed by atoms with van der Waals surface area (Å²) < 4.78 is 6.19. The summed E-state index contributed by atoms with van der Waals surface area (Å²) in [5.74, 6) is 1.98. The molecule has 21 heavy (non-hydrogen) atoms. The molecule has 2 aromatic rings. The van der Waals surface area contributed by atoms with Crippen molar-refractivity contribution in [3.8, 4) is 5.75 Å². The van der Waals surface area contributed by atoms with Gasteiger partial charge in [0.2, 0.25) is 0 Å². The molecule has 0 spiro atoms. The molecule has 1 aliphatic rings. The first kappa shape index (κ1) is 14.9. The fourth-order valence-electron chi connectivity index (χ4n) is 2.47. The molecule has 0 fully saturated rings. The fourth-order valence-corrected chi connectivity index (χ4v) is 4.54. The number of rotatable bonds is 4. The Bertz CT molecular complexity index is 607. The summed E-state index contributed by atoms with van der Waals surface area (Å²) >= 11 is 3.67. The molecular formula is C16H20N2OS2. The van der Waals surface area contributed by atoms with Crippen molar-refractivity contribution in [2.75, 3.05) is 12.8 Å². The number of thiazole rings is 1. The van der Waals surface area contributed by atoms with E-state index in [-0.39, 0.29) is 12.1 Å². The molecule has 0 amide bonds. The van der Waals surface area contributed by atoms with E-state index in [0.29, 0.717) is 0 Å². The Kier molecular flexibility index (Phi) is 4.52. The first-order valence-electron chi connectivity index (χ1n) is 7.16. The van der Waals surface area contributed by atoms with Crippen LogP contribution in [0.1, 0.15) is 15.6 Å². The third-order valence-electron chi connectivity index (χ3n) is 3.82. The molecule has 1 aromatic heterocycles. The van der Waals surface area contributed by atoms with E-state index in [9.17, 15) is 0 Å². The molecule has 2 atom stereocenters. The minimum absolute atomic E-state index is 0.180. The SMILES string of the molecule is CNC(Cc1nc(C)c(C)s1)C1CSc2ccccc2O1. The molecule has 1 aliphatic heterocycles. The van der Waals surface area contributed by atoms with Crippen LogP contribution in [-0.4, -0.2) is 29.9 Å². The minimum atomic E-state index is 0.180. The van der Waals surface area contributed by atoms with Gasteiger partial charge in [-0.1, -0.05) is 12.1 Å². The van der Waals surface area contributed by atoms with Crippen molar-refractivity contribution in [3.05, 3.63) is 39.8 Å². The lowest BCUT2D eigenvalue weighted by molar-refractivity contribution is 0.169. The predicted molar refractivity (Wildman–Crippen MR) is 89.7 cm³/mol. The van der Waals surface area contributed by atoms with Gasteiger partial charge in [-0.25, -0.2) is 4.98 Å². The van der Waals surface area contributed by atoms with Crippen LogP contribution in [0.4, 0.5) is 0 Å². The second-order valence-corrected chi connectivity index (χ2v) is 7.61. The Morgan fingerprint density at radius 2 is 2.19 bits per heavy atom. The lowest BCUT2D eigenvalue weighted by Gasteiger charge is -2.31. The van der Waals surface area contributed by atoms with Gasteiger partial charge in [-0.2, -0.15) is 0 Å². The Morgan fingerprint density at radius 1 is 1.38 bits per heavy atom. The van der Waals surface area contributed by atoms with Crippen molar-refractivity contribution < 1.29 is 4.74 Å². The highest BCUT2D eigenvalue weighted by atomic mass is 32.2. The maximum absolute atomic E-state index is 6.19. The molecule has 1 N–H and O–H groups in total.